The Bertz CT molecular complexity index is 549. The minimum Gasteiger partial charge on any atom is -0.373 e. The Morgan fingerprint density at radius 3 is 2.76 bits per heavy atom. The van der Waals surface area contributed by atoms with Gasteiger partial charge in [0, 0.05) is 16.9 Å². The van der Waals surface area contributed by atoms with E-state index in [0.717, 1.165) is 28.6 Å². The number of anilines is 1. The lowest BCUT2D eigenvalue weighted by Crippen LogP contribution is -2.00. The summed E-state index contributed by atoms with van der Waals surface area (Å²) in [7, 11) is 1.93. The minimum atomic E-state index is 1.00. The maximum Gasteiger partial charge on any atom is 0.129 e. The fraction of sp³-hybridized carbons (Fsp3) is 0.357. The number of pyridine rings is 1. The lowest BCUT2D eigenvalue weighted by atomic mass is 10.1. The van der Waals surface area contributed by atoms with Crippen LogP contribution in [0, 0.1) is 6.92 Å². The van der Waals surface area contributed by atoms with Crippen LogP contribution in [0.5, 0.6) is 0 Å². The average Bonchev–Trinajstić information content (AvgIpc) is 2.34. The Morgan fingerprint density at radius 1 is 1.35 bits per heavy atom. The first kappa shape index (κ1) is 12.4. The highest BCUT2D eigenvalue weighted by atomic mass is 79.9. The van der Waals surface area contributed by atoms with Crippen LogP contribution in [0.4, 0.5) is 5.82 Å². The van der Waals surface area contributed by atoms with Crippen molar-refractivity contribution in [2.45, 2.75) is 26.7 Å². The van der Waals surface area contributed by atoms with Gasteiger partial charge in [0.1, 0.15) is 5.82 Å². The number of aromatic nitrogens is 1. The molecular formula is C14H17BrN2. The predicted molar refractivity (Wildman–Crippen MR) is 77.7 cm³/mol. The van der Waals surface area contributed by atoms with Crippen LogP contribution in [0.15, 0.2) is 22.7 Å². The molecule has 0 atom stereocenters. The molecule has 0 aliphatic heterocycles. The summed E-state index contributed by atoms with van der Waals surface area (Å²) < 4.78 is 1.11. The van der Waals surface area contributed by atoms with Crippen molar-refractivity contribution in [3.63, 3.8) is 0 Å². The van der Waals surface area contributed by atoms with E-state index in [1.165, 1.54) is 16.5 Å². The van der Waals surface area contributed by atoms with E-state index in [1.54, 1.807) is 0 Å². The molecular weight excluding hydrogens is 276 g/mol. The zero-order valence-electron chi connectivity index (χ0n) is 10.5. The van der Waals surface area contributed by atoms with E-state index in [-0.39, 0.29) is 0 Å². The van der Waals surface area contributed by atoms with Gasteiger partial charge in [-0.05, 0) is 36.6 Å². The third-order valence-corrected chi connectivity index (χ3v) is 3.87. The van der Waals surface area contributed by atoms with Gasteiger partial charge >= 0.3 is 0 Å². The van der Waals surface area contributed by atoms with E-state index < -0.39 is 0 Å². The molecule has 17 heavy (non-hydrogen) atoms. The number of aryl methyl sites for hydroxylation is 2. The van der Waals surface area contributed by atoms with Gasteiger partial charge in [-0.3, -0.25) is 0 Å². The van der Waals surface area contributed by atoms with Crippen molar-refractivity contribution in [1.29, 1.82) is 0 Å². The third kappa shape index (κ3) is 2.29. The van der Waals surface area contributed by atoms with Gasteiger partial charge in [0.25, 0.3) is 0 Å². The second kappa shape index (κ2) is 5.05. The van der Waals surface area contributed by atoms with Gasteiger partial charge in [0.2, 0.25) is 0 Å². The van der Waals surface area contributed by atoms with Gasteiger partial charge in [-0.15, -0.1) is 0 Å². The maximum absolute atomic E-state index is 4.73. The first-order chi connectivity index (χ1) is 8.17. The molecule has 1 aromatic heterocycles. The molecule has 0 spiro atoms. The second-order valence-electron chi connectivity index (χ2n) is 4.24. The van der Waals surface area contributed by atoms with Crippen LogP contribution in [0.25, 0.3) is 10.9 Å². The topological polar surface area (TPSA) is 24.9 Å². The monoisotopic (exact) mass is 292 g/mol. The number of rotatable bonds is 3. The first-order valence-electron chi connectivity index (χ1n) is 5.93. The molecule has 0 aliphatic carbocycles. The van der Waals surface area contributed by atoms with E-state index in [2.05, 4.69) is 53.3 Å². The fourth-order valence-electron chi connectivity index (χ4n) is 2.08. The van der Waals surface area contributed by atoms with E-state index in [4.69, 9.17) is 4.98 Å². The quantitative estimate of drug-likeness (QED) is 0.912. The van der Waals surface area contributed by atoms with E-state index >= 15 is 0 Å². The molecule has 1 N–H and O–H groups in total. The van der Waals surface area contributed by atoms with Crippen molar-refractivity contribution >= 4 is 32.7 Å². The van der Waals surface area contributed by atoms with Gasteiger partial charge in [0.05, 0.1) is 5.52 Å². The third-order valence-electron chi connectivity index (χ3n) is 3.01. The highest BCUT2D eigenvalue weighted by Crippen LogP contribution is 2.28. The van der Waals surface area contributed by atoms with Gasteiger partial charge in [0.15, 0.2) is 0 Å². The molecule has 0 fully saturated rings. The summed E-state index contributed by atoms with van der Waals surface area (Å²) >= 11 is 3.55. The Labute approximate surface area is 111 Å². The van der Waals surface area contributed by atoms with E-state index in [1.807, 2.05) is 7.05 Å². The van der Waals surface area contributed by atoms with Gasteiger partial charge in [-0.25, -0.2) is 4.98 Å². The Balaban J connectivity index is 2.69. The van der Waals surface area contributed by atoms with Gasteiger partial charge in [-0.1, -0.05) is 35.3 Å². The van der Waals surface area contributed by atoms with Crippen LogP contribution in [0.2, 0.25) is 0 Å². The largest absolute Gasteiger partial charge is 0.373 e. The Kier molecular flexibility index (Phi) is 3.67. The summed E-state index contributed by atoms with van der Waals surface area (Å²) in [5.74, 6) is 1.00. The smallest absolute Gasteiger partial charge is 0.129 e. The highest BCUT2D eigenvalue weighted by molar-refractivity contribution is 9.10. The minimum absolute atomic E-state index is 1.00. The lowest BCUT2D eigenvalue weighted by molar-refractivity contribution is 0.918. The molecule has 0 bridgehead atoms. The standard InChI is InChI=1S/C14H17BrN2/c1-4-5-11-8-10-6-7-12(15)9(2)13(10)17-14(11)16-3/h6-8H,4-5H2,1-3H3,(H,16,17). The number of hydrogen-bond acceptors (Lipinski definition) is 2. The second-order valence-corrected chi connectivity index (χ2v) is 5.09. The molecule has 2 nitrogen and oxygen atoms in total. The molecule has 1 aromatic carbocycles. The molecule has 3 heteroatoms. The lowest BCUT2D eigenvalue weighted by Gasteiger charge is -2.11. The number of nitrogens with zero attached hydrogens (tertiary/aromatic N) is 1. The van der Waals surface area contributed by atoms with Crippen LogP contribution in [-0.2, 0) is 6.42 Å². The Morgan fingerprint density at radius 2 is 2.12 bits per heavy atom. The molecule has 0 aliphatic rings. The summed E-state index contributed by atoms with van der Waals surface area (Å²) in [6.07, 6.45) is 2.20. The Hall–Kier alpha value is -1.09. The highest BCUT2D eigenvalue weighted by Gasteiger charge is 2.08. The van der Waals surface area contributed by atoms with E-state index in [0.29, 0.717) is 0 Å². The van der Waals surface area contributed by atoms with Crippen LogP contribution in [0.1, 0.15) is 24.5 Å². The zero-order chi connectivity index (χ0) is 12.4. The van der Waals surface area contributed by atoms with Crippen LogP contribution in [-0.4, -0.2) is 12.0 Å². The average molecular weight is 293 g/mol. The van der Waals surface area contributed by atoms with Crippen molar-refractivity contribution < 1.29 is 0 Å². The predicted octanol–water partition coefficient (Wildman–Crippen LogP) is 4.30. The zero-order valence-corrected chi connectivity index (χ0v) is 12.1. The molecule has 0 saturated heterocycles. The number of hydrogen-bond donors (Lipinski definition) is 1. The summed E-state index contributed by atoms with van der Waals surface area (Å²) in [6.45, 7) is 4.29. The van der Waals surface area contributed by atoms with Gasteiger partial charge in [-0.2, -0.15) is 0 Å². The molecule has 2 aromatic rings. The van der Waals surface area contributed by atoms with Crippen LogP contribution >= 0.6 is 15.9 Å². The summed E-state index contributed by atoms with van der Waals surface area (Å²) in [4.78, 5) is 4.73. The normalized spacial score (nSPS) is 10.8. The summed E-state index contributed by atoms with van der Waals surface area (Å²) in [5.41, 5.74) is 3.56. The van der Waals surface area contributed by atoms with Crippen molar-refractivity contribution in [2.24, 2.45) is 0 Å². The van der Waals surface area contributed by atoms with Gasteiger partial charge < -0.3 is 5.32 Å². The molecule has 0 amide bonds. The molecule has 0 saturated carbocycles. The van der Waals surface area contributed by atoms with Crippen LogP contribution in [0.3, 0.4) is 0 Å². The number of halogens is 1. The molecule has 90 valence electrons. The molecule has 0 radical (unpaired) electrons. The molecule has 2 rings (SSSR count). The van der Waals surface area contributed by atoms with Crippen molar-refractivity contribution in [3.05, 3.63) is 33.8 Å². The summed E-state index contributed by atoms with van der Waals surface area (Å²) in [5, 5.41) is 4.41. The van der Waals surface area contributed by atoms with Crippen molar-refractivity contribution in [1.82, 2.24) is 4.98 Å². The number of fused-ring (bicyclic) bond motifs is 1. The van der Waals surface area contributed by atoms with E-state index in [9.17, 15) is 0 Å². The van der Waals surface area contributed by atoms with Crippen molar-refractivity contribution in [2.75, 3.05) is 12.4 Å². The summed E-state index contributed by atoms with van der Waals surface area (Å²) in [6, 6.07) is 6.46. The maximum atomic E-state index is 4.73. The number of nitrogens with one attached hydrogen (secondary N) is 1. The SMILES string of the molecule is CCCc1cc2ccc(Br)c(C)c2nc1NC. The molecule has 0 unspecified atom stereocenters. The molecule has 1 heterocycles. The van der Waals surface area contributed by atoms with Crippen LogP contribution < -0.4 is 5.32 Å². The fourth-order valence-corrected chi connectivity index (χ4v) is 2.40. The van der Waals surface area contributed by atoms with Crippen molar-refractivity contribution in [3.8, 4) is 0 Å². The number of benzene rings is 1. The first-order valence-corrected chi connectivity index (χ1v) is 6.73.